The van der Waals surface area contributed by atoms with Crippen molar-refractivity contribution in [2.45, 2.75) is 363 Å². The van der Waals surface area contributed by atoms with Crippen LogP contribution in [0.4, 0.5) is 0 Å². The minimum atomic E-state index is -4.95. The van der Waals surface area contributed by atoms with E-state index in [9.17, 15) is 43.2 Å². The monoisotopic (exact) mass is 1310 g/mol. The molecule has 4 unspecified atom stereocenters. The van der Waals surface area contributed by atoms with Gasteiger partial charge in [-0.1, -0.05) is 293 Å². The van der Waals surface area contributed by atoms with Crippen LogP contribution in [0, 0.1) is 23.7 Å². The summed E-state index contributed by atoms with van der Waals surface area (Å²) in [5.41, 5.74) is 0. The van der Waals surface area contributed by atoms with Crippen molar-refractivity contribution in [2.75, 3.05) is 39.6 Å². The van der Waals surface area contributed by atoms with Gasteiger partial charge in [0.05, 0.1) is 26.4 Å². The fourth-order valence-electron chi connectivity index (χ4n) is 10.5. The van der Waals surface area contributed by atoms with E-state index in [0.29, 0.717) is 37.5 Å². The Kier molecular flexibility index (Phi) is 58.5. The van der Waals surface area contributed by atoms with Crippen LogP contribution in [-0.2, 0) is 65.4 Å². The largest absolute Gasteiger partial charge is 0.472 e. The Morgan fingerprint density at radius 1 is 0.315 bits per heavy atom. The maximum Gasteiger partial charge on any atom is 0.472 e. The number of ether oxygens (including phenoxy) is 4. The van der Waals surface area contributed by atoms with E-state index >= 15 is 0 Å². The highest BCUT2D eigenvalue weighted by Crippen LogP contribution is 2.45. The van der Waals surface area contributed by atoms with E-state index in [1.54, 1.807) is 0 Å². The molecule has 0 heterocycles. The molecule has 0 aromatic rings. The molecule has 6 atom stereocenters. The van der Waals surface area contributed by atoms with Crippen LogP contribution in [0.1, 0.15) is 344 Å². The zero-order chi connectivity index (χ0) is 66.1. The van der Waals surface area contributed by atoms with Crippen molar-refractivity contribution in [2.24, 2.45) is 23.7 Å². The number of hydrogen-bond donors (Lipinski definition) is 3. The molecular weight excluding hydrogens is 1170 g/mol. The summed E-state index contributed by atoms with van der Waals surface area (Å²) in [7, 11) is -9.90. The first-order valence-electron chi connectivity index (χ1n) is 36.2. The zero-order valence-corrected chi connectivity index (χ0v) is 59.8. The summed E-state index contributed by atoms with van der Waals surface area (Å²) in [5, 5.41) is 10.6. The number of phosphoric acid groups is 2. The van der Waals surface area contributed by atoms with Crippen LogP contribution in [0.15, 0.2) is 0 Å². The molecule has 0 saturated carbocycles. The van der Waals surface area contributed by atoms with Crippen LogP contribution < -0.4 is 0 Å². The predicted molar refractivity (Wildman–Crippen MR) is 358 cm³/mol. The molecular formula is C70H136O17P2. The number of esters is 4. The SMILES string of the molecule is CCC(C)CCCCCCCCC(=O)O[C@H](COC(=O)CCCCCCCCCC(C)C)COP(=O)(O)OCC(O)COP(=O)(O)OC[C@@H](COC(=O)CCCCCCCCCC(C)C)OC(=O)CCCCCCCCCCCCCCCCCCC(C)C. The fourth-order valence-corrected chi connectivity index (χ4v) is 12.0. The molecule has 0 amide bonds. The van der Waals surface area contributed by atoms with Gasteiger partial charge in [0.2, 0.25) is 0 Å². The topological polar surface area (TPSA) is 237 Å². The number of hydrogen-bond acceptors (Lipinski definition) is 15. The van der Waals surface area contributed by atoms with Crippen molar-refractivity contribution < 1.29 is 80.2 Å². The first-order chi connectivity index (χ1) is 42.6. The smallest absolute Gasteiger partial charge is 0.462 e. The van der Waals surface area contributed by atoms with Gasteiger partial charge in [0.25, 0.3) is 0 Å². The molecule has 19 heteroatoms. The quantitative estimate of drug-likeness (QED) is 0.0222. The second kappa shape index (κ2) is 59.8. The highest BCUT2D eigenvalue weighted by atomic mass is 31.2. The Labute approximate surface area is 543 Å². The van der Waals surface area contributed by atoms with Crippen LogP contribution >= 0.6 is 15.6 Å². The average molecular weight is 1310 g/mol. The van der Waals surface area contributed by atoms with Crippen LogP contribution in [0.2, 0.25) is 0 Å². The van der Waals surface area contributed by atoms with Crippen molar-refractivity contribution in [3.8, 4) is 0 Å². The lowest BCUT2D eigenvalue weighted by Crippen LogP contribution is -2.30. The van der Waals surface area contributed by atoms with Gasteiger partial charge in [-0.25, -0.2) is 9.13 Å². The standard InChI is InChI=1S/C70H136O17P2/c1-9-63(8)49-41-33-28-29-37-45-53-70(75)87-66(57-81-68(73)51-43-35-27-21-24-32-40-48-62(6)7)59-85-89(78,79)83-55-64(71)54-82-88(76,77)84-58-65(56-80-67(72)50-42-34-26-20-23-31-39-47-61(4)5)86-69(74)52-44-36-25-19-17-15-13-11-10-12-14-16-18-22-30-38-46-60(2)3/h60-66,71H,9-59H2,1-8H3,(H,76,77)(H,78,79)/t63?,64?,65-,66-/m1/s1. The highest BCUT2D eigenvalue weighted by molar-refractivity contribution is 7.47. The lowest BCUT2D eigenvalue weighted by molar-refractivity contribution is -0.161. The Hall–Kier alpha value is -1.94. The molecule has 0 radical (unpaired) electrons. The third-order valence-corrected chi connectivity index (χ3v) is 18.3. The molecule has 0 fully saturated rings. The van der Waals surface area contributed by atoms with E-state index < -0.39 is 97.5 Å². The minimum absolute atomic E-state index is 0.102. The summed E-state index contributed by atoms with van der Waals surface area (Å²) in [6, 6.07) is 0. The van der Waals surface area contributed by atoms with E-state index in [1.165, 1.54) is 135 Å². The third kappa shape index (κ3) is 63.2. The van der Waals surface area contributed by atoms with Gasteiger partial charge in [-0.05, 0) is 49.4 Å². The Morgan fingerprint density at radius 2 is 0.539 bits per heavy atom. The van der Waals surface area contributed by atoms with Crippen molar-refractivity contribution in [3.05, 3.63) is 0 Å². The van der Waals surface area contributed by atoms with E-state index in [0.717, 1.165) is 115 Å². The number of carbonyl (C=O) groups is 4. The number of unbranched alkanes of at least 4 members (excludes halogenated alkanes) is 32. The molecule has 0 bridgehead atoms. The fraction of sp³-hybridized carbons (Fsp3) is 0.943. The average Bonchev–Trinajstić information content (AvgIpc) is 3.58. The van der Waals surface area contributed by atoms with Crippen LogP contribution in [-0.4, -0.2) is 96.7 Å². The Morgan fingerprint density at radius 3 is 0.798 bits per heavy atom. The molecule has 0 aliphatic carbocycles. The number of rotatable bonds is 67. The summed E-state index contributed by atoms with van der Waals surface area (Å²) in [5.74, 6) is 0.805. The van der Waals surface area contributed by atoms with Gasteiger partial charge in [-0.2, -0.15) is 0 Å². The predicted octanol–water partition coefficient (Wildman–Crippen LogP) is 19.7. The lowest BCUT2D eigenvalue weighted by Gasteiger charge is -2.21. The number of carbonyl (C=O) groups excluding carboxylic acids is 4. The summed E-state index contributed by atoms with van der Waals surface area (Å²) < 4.78 is 68.2. The number of aliphatic hydroxyl groups excluding tert-OH is 1. The molecule has 0 rings (SSSR count). The van der Waals surface area contributed by atoms with Crippen molar-refractivity contribution in [1.82, 2.24) is 0 Å². The second-order valence-electron chi connectivity index (χ2n) is 26.9. The number of aliphatic hydroxyl groups is 1. The second-order valence-corrected chi connectivity index (χ2v) is 29.8. The zero-order valence-electron chi connectivity index (χ0n) is 58.1. The molecule has 528 valence electrons. The van der Waals surface area contributed by atoms with Crippen LogP contribution in [0.3, 0.4) is 0 Å². The van der Waals surface area contributed by atoms with Gasteiger partial charge >= 0.3 is 39.5 Å². The Balaban J connectivity index is 5.19. The first kappa shape index (κ1) is 87.1. The lowest BCUT2D eigenvalue weighted by atomic mass is 10.00. The van der Waals surface area contributed by atoms with Crippen molar-refractivity contribution in [1.29, 1.82) is 0 Å². The summed E-state index contributed by atoms with van der Waals surface area (Å²) in [6.07, 6.45) is 42.0. The van der Waals surface area contributed by atoms with Gasteiger partial charge in [-0.3, -0.25) is 37.3 Å². The van der Waals surface area contributed by atoms with E-state index in [2.05, 4.69) is 55.4 Å². The van der Waals surface area contributed by atoms with Gasteiger partial charge < -0.3 is 33.8 Å². The van der Waals surface area contributed by atoms with E-state index in [1.807, 2.05) is 0 Å². The van der Waals surface area contributed by atoms with Gasteiger partial charge in [0.15, 0.2) is 12.2 Å². The van der Waals surface area contributed by atoms with Crippen molar-refractivity contribution in [3.63, 3.8) is 0 Å². The third-order valence-electron chi connectivity index (χ3n) is 16.4. The summed E-state index contributed by atoms with van der Waals surface area (Å²) in [4.78, 5) is 72.4. The number of phosphoric ester groups is 2. The first-order valence-corrected chi connectivity index (χ1v) is 39.2. The van der Waals surface area contributed by atoms with Gasteiger partial charge in [0, 0.05) is 25.7 Å². The normalized spacial score (nSPS) is 14.6. The molecule has 89 heavy (non-hydrogen) atoms. The van der Waals surface area contributed by atoms with Crippen LogP contribution in [0.5, 0.6) is 0 Å². The highest BCUT2D eigenvalue weighted by Gasteiger charge is 2.30. The van der Waals surface area contributed by atoms with Gasteiger partial charge in [-0.15, -0.1) is 0 Å². The maximum absolute atomic E-state index is 13.0. The van der Waals surface area contributed by atoms with Crippen LogP contribution in [0.25, 0.3) is 0 Å². The van der Waals surface area contributed by atoms with Crippen molar-refractivity contribution >= 4 is 39.5 Å². The minimum Gasteiger partial charge on any atom is -0.462 e. The molecule has 0 aromatic carbocycles. The summed E-state index contributed by atoms with van der Waals surface area (Å²) in [6.45, 7) is 14.0. The molecule has 0 aliphatic rings. The molecule has 0 aliphatic heterocycles. The van der Waals surface area contributed by atoms with E-state index in [-0.39, 0.29) is 25.7 Å². The molecule has 0 spiro atoms. The molecule has 0 aromatic heterocycles. The van der Waals surface area contributed by atoms with E-state index in [4.69, 9.17) is 37.0 Å². The molecule has 17 nitrogen and oxygen atoms in total. The Bertz CT molecular complexity index is 1770. The summed E-state index contributed by atoms with van der Waals surface area (Å²) >= 11 is 0. The maximum atomic E-state index is 13.0. The molecule has 0 saturated heterocycles. The molecule has 3 N–H and O–H groups in total. The van der Waals surface area contributed by atoms with Gasteiger partial charge in [0.1, 0.15) is 19.3 Å².